The lowest BCUT2D eigenvalue weighted by Gasteiger charge is -2.22. The van der Waals surface area contributed by atoms with Gasteiger partial charge in [0.2, 0.25) is 0 Å². The number of aromatic nitrogens is 3. The fraction of sp³-hybridized carbons (Fsp3) is 0.400. The number of fused-ring (bicyclic) bond motifs is 1. The van der Waals surface area contributed by atoms with E-state index in [-0.39, 0.29) is 17.6 Å². The van der Waals surface area contributed by atoms with Crippen LogP contribution < -0.4 is 5.69 Å². The summed E-state index contributed by atoms with van der Waals surface area (Å²) >= 11 is 1.63. The van der Waals surface area contributed by atoms with E-state index in [2.05, 4.69) is 23.8 Å². The zero-order valence-electron chi connectivity index (χ0n) is 15.4. The van der Waals surface area contributed by atoms with Crippen LogP contribution >= 0.6 is 11.3 Å². The van der Waals surface area contributed by atoms with Gasteiger partial charge in [0.05, 0.1) is 16.3 Å². The van der Waals surface area contributed by atoms with Gasteiger partial charge in [-0.25, -0.2) is 9.78 Å². The van der Waals surface area contributed by atoms with E-state index in [4.69, 9.17) is 4.98 Å². The first-order valence-corrected chi connectivity index (χ1v) is 10.1. The first-order valence-electron chi connectivity index (χ1n) is 9.28. The fourth-order valence-electron chi connectivity index (χ4n) is 3.61. The number of likely N-dealkylation sites (tertiary alicyclic amines) is 1. The molecule has 3 heterocycles. The van der Waals surface area contributed by atoms with E-state index in [0.717, 1.165) is 33.8 Å². The van der Waals surface area contributed by atoms with Crippen LogP contribution in [0.25, 0.3) is 10.2 Å². The van der Waals surface area contributed by atoms with Gasteiger partial charge in [0.25, 0.3) is 5.91 Å². The monoisotopic (exact) mass is 382 g/mol. The van der Waals surface area contributed by atoms with Crippen molar-refractivity contribution in [3.63, 3.8) is 0 Å². The minimum absolute atomic E-state index is 0.0514. The van der Waals surface area contributed by atoms with Gasteiger partial charge >= 0.3 is 5.69 Å². The molecule has 7 heteroatoms. The predicted octanol–water partition coefficient (Wildman–Crippen LogP) is 3.56. The molecular weight excluding hydrogens is 360 g/mol. The van der Waals surface area contributed by atoms with E-state index in [1.807, 2.05) is 29.2 Å². The predicted molar refractivity (Wildman–Crippen MR) is 106 cm³/mol. The summed E-state index contributed by atoms with van der Waals surface area (Å²) in [5.41, 5.74) is 1.48. The maximum Gasteiger partial charge on any atom is 0.345 e. The summed E-state index contributed by atoms with van der Waals surface area (Å²) in [7, 11) is 0. The normalized spacial score (nSPS) is 17.1. The topological polar surface area (TPSA) is 79.0 Å². The average Bonchev–Trinajstić information content (AvgIpc) is 3.26. The molecular formula is C20H22N4O2S. The van der Waals surface area contributed by atoms with Gasteiger partial charge < -0.3 is 9.88 Å². The maximum atomic E-state index is 13.1. The third kappa shape index (κ3) is 3.64. The van der Waals surface area contributed by atoms with E-state index >= 15 is 0 Å². The SMILES string of the molecule is CC(C)Cc1cc(C(=O)N2CCC[C@@H]2c2nc3ccccc3s2)nc(=O)[nH]1. The number of rotatable bonds is 4. The molecule has 0 unspecified atom stereocenters. The number of benzene rings is 1. The summed E-state index contributed by atoms with van der Waals surface area (Å²) in [5, 5.41) is 0.953. The Morgan fingerprint density at radius 3 is 2.93 bits per heavy atom. The molecule has 1 amide bonds. The summed E-state index contributed by atoms with van der Waals surface area (Å²) < 4.78 is 1.13. The lowest BCUT2D eigenvalue weighted by atomic mass is 10.1. The van der Waals surface area contributed by atoms with E-state index in [1.165, 1.54) is 0 Å². The van der Waals surface area contributed by atoms with E-state index in [0.29, 0.717) is 18.9 Å². The second kappa shape index (κ2) is 7.23. The summed E-state index contributed by atoms with van der Waals surface area (Å²) in [6.07, 6.45) is 2.52. The van der Waals surface area contributed by atoms with Crippen molar-refractivity contribution in [2.24, 2.45) is 5.92 Å². The van der Waals surface area contributed by atoms with Crippen molar-refractivity contribution in [3.05, 3.63) is 57.2 Å². The molecule has 1 atom stereocenters. The van der Waals surface area contributed by atoms with Gasteiger partial charge in [-0.2, -0.15) is 4.98 Å². The van der Waals surface area contributed by atoms with Crippen molar-refractivity contribution in [1.29, 1.82) is 0 Å². The van der Waals surface area contributed by atoms with Crippen molar-refractivity contribution in [1.82, 2.24) is 19.9 Å². The van der Waals surface area contributed by atoms with Crippen LogP contribution in [0.5, 0.6) is 0 Å². The van der Waals surface area contributed by atoms with Gasteiger partial charge in [0.1, 0.15) is 10.7 Å². The highest BCUT2D eigenvalue weighted by Crippen LogP contribution is 2.37. The molecule has 4 rings (SSSR count). The van der Waals surface area contributed by atoms with E-state index in [1.54, 1.807) is 17.4 Å². The summed E-state index contributed by atoms with van der Waals surface area (Å²) in [4.78, 5) is 38.3. The number of carbonyl (C=O) groups excluding carboxylic acids is 1. The number of para-hydroxylation sites is 1. The molecule has 1 N–H and O–H groups in total. The van der Waals surface area contributed by atoms with Crippen LogP contribution in [0.3, 0.4) is 0 Å². The molecule has 1 aromatic carbocycles. The Morgan fingerprint density at radius 2 is 2.15 bits per heavy atom. The highest BCUT2D eigenvalue weighted by molar-refractivity contribution is 7.18. The molecule has 6 nitrogen and oxygen atoms in total. The first-order chi connectivity index (χ1) is 13.0. The van der Waals surface area contributed by atoms with Gasteiger partial charge in [-0.3, -0.25) is 4.79 Å². The molecule has 1 saturated heterocycles. The highest BCUT2D eigenvalue weighted by atomic mass is 32.1. The lowest BCUT2D eigenvalue weighted by molar-refractivity contribution is 0.0728. The summed E-state index contributed by atoms with van der Waals surface area (Å²) in [6.45, 7) is 4.81. The van der Waals surface area contributed by atoms with Gasteiger partial charge in [0, 0.05) is 12.2 Å². The number of nitrogens with zero attached hydrogens (tertiary/aromatic N) is 3. The molecule has 1 fully saturated rings. The number of nitrogens with one attached hydrogen (secondary N) is 1. The molecule has 0 bridgehead atoms. The van der Waals surface area contributed by atoms with Crippen molar-refractivity contribution >= 4 is 27.5 Å². The Hall–Kier alpha value is -2.54. The molecule has 0 spiro atoms. The Labute approximate surface area is 161 Å². The van der Waals surface area contributed by atoms with Crippen LogP contribution in [0.2, 0.25) is 0 Å². The molecule has 140 valence electrons. The molecule has 0 aliphatic carbocycles. The fourth-order valence-corrected chi connectivity index (χ4v) is 4.73. The largest absolute Gasteiger partial charge is 0.345 e. The Bertz CT molecular complexity index is 1010. The maximum absolute atomic E-state index is 13.1. The van der Waals surface area contributed by atoms with Crippen LogP contribution in [0.15, 0.2) is 35.1 Å². The van der Waals surface area contributed by atoms with Crippen LogP contribution in [0, 0.1) is 5.92 Å². The first kappa shape index (κ1) is 17.9. The van der Waals surface area contributed by atoms with Crippen LogP contribution in [-0.2, 0) is 6.42 Å². The van der Waals surface area contributed by atoms with Crippen molar-refractivity contribution in [3.8, 4) is 0 Å². The second-order valence-electron chi connectivity index (χ2n) is 7.37. The zero-order valence-corrected chi connectivity index (χ0v) is 16.3. The van der Waals surface area contributed by atoms with Crippen LogP contribution in [0.1, 0.15) is 53.9 Å². The lowest BCUT2D eigenvalue weighted by Crippen LogP contribution is -2.33. The number of amides is 1. The van der Waals surface area contributed by atoms with Crippen molar-refractivity contribution in [2.45, 2.75) is 39.2 Å². The Balaban J connectivity index is 1.64. The van der Waals surface area contributed by atoms with Gasteiger partial charge in [-0.15, -0.1) is 11.3 Å². The molecule has 1 aliphatic rings. The van der Waals surface area contributed by atoms with Gasteiger partial charge in [-0.05, 0) is 43.4 Å². The van der Waals surface area contributed by atoms with Crippen molar-refractivity contribution < 1.29 is 4.79 Å². The molecule has 2 aromatic heterocycles. The number of hydrogen-bond donors (Lipinski definition) is 1. The summed E-state index contributed by atoms with van der Waals surface area (Å²) in [6, 6.07) is 9.68. The third-order valence-corrected chi connectivity index (χ3v) is 5.89. The molecule has 1 aliphatic heterocycles. The zero-order chi connectivity index (χ0) is 19.0. The molecule has 3 aromatic rings. The molecule has 0 saturated carbocycles. The number of H-pyrrole nitrogens is 1. The minimum atomic E-state index is -0.466. The quantitative estimate of drug-likeness (QED) is 0.748. The number of carbonyl (C=O) groups is 1. The number of aromatic amines is 1. The van der Waals surface area contributed by atoms with Gasteiger partial charge in [0.15, 0.2) is 0 Å². The standard InChI is InChI=1S/C20H22N4O2S/c1-12(2)10-13-11-15(23-20(26)21-13)19(25)24-9-5-7-16(24)18-22-14-6-3-4-8-17(14)27-18/h3-4,6,8,11-12,16H,5,7,9-10H2,1-2H3,(H,21,23,26)/t16-/m1/s1. The van der Waals surface area contributed by atoms with E-state index in [9.17, 15) is 9.59 Å². The van der Waals surface area contributed by atoms with Crippen LogP contribution in [0.4, 0.5) is 0 Å². The second-order valence-corrected chi connectivity index (χ2v) is 8.43. The number of hydrogen-bond acceptors (Lipinski definition) is 5. The summed E-state index contributed by atoms with van der Waals surface area (Å²) in [5.74, 6) is 0.196. The smallest absolute Gasteiger partial charge is 0.328 e. The Kier molecular flexibility index (Phi) is 4.78. The highest BCUT2D eigenvalue weighted by Gasteiger charge is 2.33. The van der Waals surface area contributed by atoms with E-state index < -0.39 is 5.69 Å². The molecule has 0 radical (unpaired) electrons. The van der Waals surface area contributed by atoms with Crippen LogP contribution in [-0.4, -0.2) is 32.3 Å². The number of thiazole rings is 1. The third-order valence-electron chi connectivity index (χ3n) is 4.76. The Morgan fingerprint density at radius 1 is 1.33 bits per heavy atom. The minimum Gasteiger partial charge on any atom is -0.328 e. The molecule has 27 heavy (non-hydrogen) atoms. The van der Waals surface area contributed by atoms with Gasteiger partial charge in [-0.1, -0.05) is 26.0 Å². The average molecular weight is 382 g/mol. The van der Waals surface area contributed by atoms with Crippen molar-refractivity contribution in [2.75, 3.05) is 6.54 Å².